The summed E-state index contributed by atoms with van der Waals surface area (Å²) >= 11 is 0. The molecule has 0 spiro atoms. The lowest BCUT2D eigenvalue weighted by Crippen LogP contribution is -2.45. The summed E-state index contributed by atoms with van der Waals surface area (Å²) < 4.78 is 7.72. The Kier molecular flexibility index (Phi) is 7.83. The Morgan fingerprint density at radius 2 is 2.08 bits per heavy atom. The third-order valence-electron chi connectivity index (χ3n) is 4.41. The summed E-state index contributed by atoms with van der Waals surface area (Å²) in [4.78, 5) is 23.9. The van der Waals surface area contributed by atoms with Crippen LogP contribution in [0.25, 0.3) is 0 Å². The van der Waals surface area contributed by atoms with E-state index in [9.17, 15) is 4.79 Å². The van der Waals surface area contributed by atoms with Crippen molar-refractivity contribution in [2.45, 2.75) is 19.0 Å². The molecule has 0 aromatic carbocycles. The lowest BCUT2D eigenvalue weighted by Gasteiger charge is -2.30. The molecule has 3 rings (SSSR count). The van der Waals surface area contributed by atoms with E-state index in [1.807, 2.05) is 16.9 Å². The maximum absolute atomic E-state index is 11.0. The molecule has 0 aliphatic carbocycles. The maximum Gasteiger partial charge on any atom is 0.317 e. The van der Waals surface area contributed by atoms with Gasteiger partial charge < -0.3 is 14.9 Å². The second kappa shape index (κ2) is 10.1. The highest BCUT2D eigenvalue weighted by molar-refractivity contribution is 5.69. The molecule has 2 aliphatic heterocycles. The number of aliphatic carboxylic acids is 1. The number of rotatable bonds is 6. The van der Waals surface area contributed by atoms with Crippen molar-refractivity contribution < 1.29 is 24.5 Å². The monoisotopic (exact) mass is 354 g/mol. The summed E-state index contributed by atoms with van der Waals surface area (Å²) in [5, 5.41) is 20.2. The molecule has 3 heterocycles. The summed E-state index contributed by atoms with van der Waals surface area (Å²) in [5.41, 5.74) is 0. The van der Waals surface area contributed by atoms with Gasteiger partial charge in [0.15, 0.2) is 0 Å². The van der Waals surface area contributed by atoms with Crippen LogP contribution in [0.5, 0.6) is 0 Å². The van der Waals surface area contributed by atoms with Crippen LogP contribution in [0.3, 0.4) is 0 Å². The summed E-state index contributed by atoms with van der Waals surface area (Å²) in [7, 11) is 0. The Labute approximate surface area is 146 Å². The van der Waals surface area contributed by atoms with Gasteiger partial charge in [0.1, 0.15) is 0 Å². The Morgan fingerprint density at radius 1 is 1.28 bits per heavy atom. The minimum absolute atomic E-state index is 0.133. The highest BCUT2D eigenvalue weighted by atomic mass is 16.5. The molecule has 140 valence electrons. The number of hydrogen-bond acceptors (Lipinski definition) is 6. The minimum Gasteiger partial charge on any atom is -0.483 e. The van der Waals surface area contributed by atoms with Gasteiger partial charge in [-0.15, -0.1) is 0 Å². The number of aromatic nitrogens is 2. The zero-order chi connectivity index (χ0) is 18.1. The van der Waals surface area contributed by atoms with Crippen LogP contribution in [0, 0.1) is 5.92 Å². The predicted octanol–water partition coefficient (Wildman–Crippen LogP) is -0.309. The number of nitrogens with zero attached hydrogens (tertiary/aromatic N) is 4. The molecule has 0 unspecified atom stereocenters. The van der Waals surface area contributed by atoms with Crippen LogP contribution < -0.4 is 0 Å². The molecule has 1 aromatic rings. The molecule has 0 radical (unpaired) electrons. The zero-order valence-electron chi connectivity index (χ0n) is 14.2. The highest BCUT2D eigenvalue weighted by Crippen LogP contribution is 2.19. The summed E-state index contributed by atoms with van der Waals surface area (Å²) in [6.07, 6.45) is 4.83. The van der Waals surface area contributed by atoms with Gasteiger partial charge in [0, 0.05) is 57.1 Å². The molecule has 1 aromatic heterocycles. The van der Waals surface area contributed by atoms with Crippen LogP contribution in [0.2, 0.25) is 0 Å². The number of carboxylic acid groups (broad SMARTS) is 2. The van der Waals surface area contributed by atoms with E-state index < -0.39 is 5.97 Å². The summed E-state index contributed by atoms with van der Waals surface area (Å²) in [6, 6.07) is 2.24. The SMILES string of the molecule is O=C(O)CN1C[C@@H]2COC[C@H](C1)N(CCCn1cccn1)C2.O=CO. The third-order valence-corrected chi connectivity index (χ3v) is 4.41. The average Bonchev–Trinajstić information content (AvgIpc) is 2.91. The van der Waals surface area contributed by atoms with Crippen molar-refractivity contribution in [3.63, 3.8) is 0 Å². The Morgan fingerprint density at radius 3 is 2.76 bits per heavy atom. The van der Waals surface area contributed by atoms with Crippen LogP contribution in [0.15, 0.2) is 18.5 Å². The zero-order valence-corrected chi connectivity index (χ0v) is 14.2. The standard InChI is InChI=1S/C15H24N4O3.CH2O2/c20-15(21)10-17-7-13-8-18(14(9-17)12-22-11-13)4-2-6-19-5-1-3-16-19;2-1-3/h1,3,5,13-14H,2,4,6-12H2,(H,20,21);1H,(H,2,3)/t13-,14-;/m0./s1. The van der Waals surface area contributed by atoms with Crippen LogP contribution in [0.1, 0.15) is 6.42 Å². The van der Waals surface area contributed by atoms with Crippen LogP contribution in [-0.4, -0.2) is 94.2 Å². The topological polar surface area (TPSA) is 108 Å². The number of carboxylic acids is 1. The molecule has 0 saturated carbocycles. The van der Waals surface area contributed by atoms with Gasteiger partial charge in [0.25, 0.3) is 6.47 Å². The molecule has 2 aliphatic rings. The van der Waals surface area contributed by atoms with Crippen molar-refractivity contribution in [3.8, 4) is 0 Å². The Hall–Kier alpha value is -1.97. The first-order valence-electron chi connectivity index (χ1n) is 8.43. The first kappa shape index (κ1) is 19.4. The van der Waals surface area contributed by atoms with Gasteiger partial charge in [-0.05, 0) is 12.5 Å². The van der Waals surface area contributed by atoms with Crippen molar-refractivity contribution in [1.29, 1.82) is 0 Å². The smallest absolute Gasteiger partial charge is 0.317 e. The van der Waals surface area contributed by atoms with Gasteiger partial charge in [-0.1, -0.05) is 0 Å². The molecular weight excluding hydrogens is 328 g/mol. The van der Waals surface area contributed by atoms with Gasteiger partial charge in [0.05, 0.1) is 19.8 Å². The molecule has 25 heavy (non-hydrogen) atoms. The maximum atomic E-state index is 11.0. The molecule has 2 fully saturated rings. The van der Waals surface area contributed by atoms with Crippen molar-refractivity contribution in [1.82, 2.24) is 19.6 Å². The second-order valence-electron chi connectivity index (χ2n) is 6.37. The number of fused-ring (bicyclic) bond motifs is 3. The molecule has 9 nitrogen and oxygen atoms in total. The molecule has 2 N–H and O–H groups in total. The normalized spacial score (nSPS) is 24.0. The van der Waals surface area contributed by atoms with Gasteiger partial charge in [-0.3, -0.25) is 24.1 Å². The van der Waals surface area contributed by atoms with E-state index in [0.29, 0.717) is 18.6 Å². The average molecular weight is 354 g/mol. The van der Waals surface area contributed by atoms with Crippen molar-refractivity contribution in [3.05, 3.63) is 18.5 Å². The molecular formula is C16H26N4O5. The van der Waals surface area contributed by atoms with Crippen LogP contribution in [0.4, 0.5) is 0 Å². The fraction of sp³-hybridized carbons (Fsp3) is 0.688. The minimum atomic E-state index is -0.744. The van der Waals surface area contributed by atoms with E-state index in [-0.39, 0.29) is 13.0 Å². The number of aryl methyl sites for hydroxylation is 1. The van der Waals surface area contributed by atoms with Gasteiger partial charge in [-0.2, -0.15) is 5.10 Å². The molecule has 0 amide bonds. The van der Waals surface area contributed by atoms with Crippen molar-refractivity contribution in [2.24, 2.45) is 5.92 Å². The molecule has 2 atom stereocenters. The number of carbonyl (C=O) groups is 2. The predicted molar refractivity (Wildman–Crippen MR) is 89.3 cm³/mol. The number of ether oxygens (including phenoxy) is 1. The Bertz CT molecular complexity index is 525. The lowest BCUT2D eigenvalue weighted by atomic mass is 10.1. The summed E-state index contributed by atoms with van der Waals surface area (Å²) in [6.45, 7) is 5.85. The van der Waals surface area contributed by atoms with Crippen molar-refractivity contribution >= 4 is 12.4 Å². The first-order valence-corrected chi connectivity index (χ1v) is 8.43. The first-order chi connectivity index (χ1) is 12.1. The van der Waals surface area contributed by atoms with E-state index in [0.717, 1.165) is 45.8 Å². The molecule has 2 bridgehead atoms. The summed E-state index contributed by atoms with van der Waals surface area (Å²) in [5.74, 6) is -0.345. The fourth-order valence-electron chi connectivity index (χ4n) is 3.49. The van der Waals surface area contributed by atoms with E-state index in [1.54, 1.807) is 6.20 Å². The third kappa shape index (κ3) is 6.45. The van der Waals surface area contributed by atoms with E-state index in [2.05, 4.69) is 14.9 Å². The van der Waals surface area contributed by atoms with Gasteiger partial charge in [0.2, 0.25) is 0 Å². The fourth-order valence-corrected chi connectivity index (χ4v) is 3.49. The van der Waals surface area contributed by atoms with Crippen molar-refractivity contribution in [2.75, 3.05) is 45.9 Å². The van der Waals surface area contributed by atoms with E-state index in [1.165, 1.54) is 0 Å². The van der Waals surface area contributed by atoms with E-state index in [4.69, 9.17) is 19.7 Å². The Balaban J connectivity index is 0.000000701. The van der Waals surface area contributed by atoms with Gasteiger partial charge in [-0.25, -0.2) is 0 Å². The van der Waals surface area contributed by atoms with Gasteiger partial charge >= 0.3 is 5.97 Å². The van der Waals surface area contributed by atoms with Crippen LogP contribution >= 0.6 is 0 Å². The highest BCUT2D eigenvalue weighted by Gasteiger charge is 2.33. The lowest BCUT2D eigenvalue weighted by molar-refractivity contribution is -0.138. The number of hydrogen-bond donors (Lipinski definition) is 2. The molecule has 9 heteroatoms. The second-order valence-corrected chi connectivity index (χ2v) is 6.37. The molecule has 2 saturated heterocycles. The van der Waals surface area contributed by atoms with E-state index >= 15 is 0 Å². The quantitative estimate of drug-likeness (QED) is 0.670. The largest absolute Gasteiger partial charge is 0.483 e. The van der Waals surface area contributed by atoms with Crippen LogP contribution in [-0.2, 0) is 20.9 Å².